The van der Waals surface area contributed by atoms with E-state index in [1.165, 1.54) is 6.20 Å². The molecule has 2 aromatic heterocycles. The van der Waals surface area contributed by atoms with Crippen molar-refractivity contribution >= 4 is 17.7 Å². The van der Waals surface area contributed by atoms with Crippen LogP contribution >= 0.6 is 0 Å². The van der Waals surface area contributed by atoms with Crippen molar-refractivity contribution in [1.82, 2.24) is 25.2 Å². The predicted molar refractivity (Wildman–Crippen MR) is 99.5 cm³/mol. The van der Waals surface area contributed by atoms with E-state index in [0.717, 1.165) is 18.5 Å². The molecule has 2 heterocycles. The summed E-state index contributed by atoms with van der Waals surface area (Å²) in [5.74, 6) is -0.427. The maximum absolute atomic E-state index is 11.8. The molecule has 0 aliphatic heterocycles. The van der Waals surface area contributed by atoms with E-state index in [0.29, 0.717) is 30.9 Å². The number of hydrogen-bond donors (Lipinski definition) is 2. The zero-order chi connectivity index (χ0) is 19.9. The van der Waals surface area contributed by atoms with Crippen LogP contribution in [0.5, 0.6) is 0 Å². The Kier molecular flexibility index (Phi) is 7.12. The molecule has 0 radical (unpaired) electrons. The second-order valence-corrected chi connectivity index (χ2v) is 6.97. The number of nitrogens with one attached hydrogen (secondary N) is 2. The fraction of sp³-hybridized carbons (Fsp3) is 0.556. The minimum Gasteiger partial charge on any atom is -0.462 e. The predicted octanol–water partition coefficient (Wildman–Crippen LogP) is 1.91. The van der Waals surface area contributed by atoms with Gasteiger partial charge in [0.05, 0.1) is 12.8 Å². The van der Waals surface area contributed by atoms with Crippen LogP contribution in [0.15, 0.2) is 18.6 Å². The number of nitrogens with zero attached hydrogens (tertiary/aromatic N) is 3. The van der Waals surface area contributed by atoms with Crippen LogP contribution in [0.1, 0.15) is 50.0 Å². The average Bonchev–Trinajstić information content (AvgIpc) is 3.00. The van der Waals surface area contributed by atoms with Gasteiger partial charge in [0.1, 0.15) is 11.2 Å². The van der Waals surface area contributed by atoms with Gasteiger partial charge in [-0.05, 0) is 40.7 Å². The van der Waals surface area contributed by atoms with Gasteiger partial charge in [0.25, 0.3) is 0 Å². The molecule has 0 fully saturated rings. The fourth-order valence-corrected chi connectivity index (χ4v) is 2.31. The third-order valence-electron chi connectivity index (χ3n) is 3.43. The van der Waals surface area contributed by atoms with E-state index in [9.17, 15) is 9.59 Å². The summed E-state index contributed by atoms with van der Waals surface area (Å²) in [6.45, 7) is 9.40. The molecule has 0 saturated carbocycles. The highest BCUT2D eigenvalue weighted by Gasteiger charge is 2.16. The molecule has 2 rings (SSSR count). The van der Waals surface area contributed by atoms with Gasteiger partial charge >= 0.3 is 12.1 Å². The van der Waals surface area contributed by atoms with Crippen molar-refractivity contribution in [2.75, 3.05) is 19.7 Å². The Labute approximate surface area is 158 Å². The molecule has 1 amide bonds. The smallest absolute Gasteiger partial charge is 0.407 e. The maximum atomic E-state index is 11.8. The lowest BCUT2D eigenvalue weighted by molar-refractivity contribution is 0.0517. The molecule has 9 heteroatoms. The molecular weight excluding hydrogens is 350 g/mol. The van der Waals surface area contributed by atoms with Crippen molar-refractivity contribution in [3.8, 4) is 0 Å². The van der Waals surface area contributed by atoms with Gasteiger partial charge in [0.15, 0.2) is 5.65 Å². The van der Waals surface area contributed by atoms with E-state index < -0.39 is 17.7 Å². The standard InChI is InChI=1S/C18H27N5O4/c1-5-26-16(24)14-11-22-23-12-13(10-21-15(14)23)9-19-7-6-8-20-17(25)27-18(2,3)4/h10-12,19H,5-9H2,1-4H3,(H,20,25). The van der Waals surface area contributed by atoms with Crippen LogP contribution in [0.2, 0.25) is 0 Å². The zero-order valence-electron chi connectivity index (χ0n) is 16.2. The van der Waals surface area contributed by atoms with Crippen LogP contribution in [0.3, 0.4) is 0 Å². The van der Waals surface area contributed by atoms with E-state index in [2.05, 4.69) is 20.7 Å². The minimum absolute atomic E-state index is 0.307. The number of fused-ring (bicyclic) bond motifs is 1. The second-order valence-electron chi connectivity index (χ2n) is 6.97. The lowest BCUT2D eigenvalue weighted by Crippen LogP contribution is -2.33. The minimum atomic E-state index is -0.492. The van der Waals surface area contributed by atoms with Crippen LogP contribution < -0.4 is 10.6 Å². The van der Waals surface area contributed by atoms with Crippen molar-refractivity contribution in [2.45, 2.75) is 46.3 Å². The maximum Gasteiger partial charge on any atom is 0.407 e. The second kappa shape index (κ2) is 9.31. The topological polar surface area (TPSA) is 107 Å². The van der Waals surface area contributed by atoms with E-state index in [4.69, 9.17) is 9.47 Å². The largest absolute Gasteiger partial charge is 0.462 e. The van der Waals surface area contributed by atoms with Gasteiger partial charge in [-0.25, -0.2) is 19.1 Å². The molecule has 0 unspecified atom stereocenters. The number of aromatic nitrogens is 3. The summed E-state index contributed by atoms with van der Waals surface area (Å²) in [7, 11) is 0. The molecule has 0 atom stereocenters. The highest BCUT2D eigenvalue weighted by atomic mass is 16.6. The Morgan fingerprint density at radius 2 is 2.00 bits per heavy atom. The Morgan fingerprint density at radius 1 is 1.22 bits per heavy atom. The van der Waals surface area contributed by atoms with E-state index >= 15 is 0 Å². The van der Waals surface area contributed by atoms with Crippen LogP contribution in [0.4, 0.5) is 4.79 Å². The number of esters is 1. The Morgan fingerprint density at radius 3 is 2.70 bits per heavy atom. The summed E-state index contributed by atoms with van der Waals surface area (Å²) in [4.78, 5) is 27.7. The molecule has 0 aliphatic carbocycles. The van der Waals surface area contributed by atoms with Gasteiger partial charge in [0.2, 0.25) is 0 Å². The number of ether oxygens (including phenoxy) is 2. The van der Waals surface area contributed by atoms with Gasteiger partial charge in [-0.15, -0.1) is 0 Å². The van der Waals surface area contributed by atoms with Crippen molar-refractivity contribution < 1.29 is 19.1 Å². The normalized spacial score (nSPS) is 11.4. The van der Waals surface area contributed by atoms with Gasteiger partial charge in [-0.3, -0.25) is 0 Å². The third-order valence-corrected chi connectivity index (χ3v) is 3.43. The molecule has 148 valence electrons. The monoisotopic (exact) mass is 377 g/mol. The third kappa shape index (κ3) is 6.52. The summed E-state index contributed by atoms with van der Waals surface area (Å²) in [6.07, 6.45) is 5.33. The quantitative estimate of drug-likeness (QED) is 0.534. The Balaban J connectivity index is 1.74. The molecule has 9 nitrogen and oxygen atoms in total. The molecule has 0 saturated heterocycles. The fourth-order valence-electron chi connectivity index (χ4n) is 2.31. The first-order valence-corrected chi connectivity index (χ1v) is 8.97. The lowest BCUT2D eigenvalue weighted by atomic mass is 10.2. The van der Waals surface area contributed by atoms with E-state index in [1.54, 1.807) is 17.6 Å². The van der Waals surface area contributed by atoms with Gasteiger partial charge in [-0.1, -0.05) is 0 Å². The van der Waals surface area contributed by atoms with Crippen LogP contribution in [0.25, 0.3) is 5.65 Å². The zero-order valence-corrected chi connectivity index (χ0v) is 16.2. The molecule has 0 bridgehead atoms. The Bertz CT molecular complexity index is 782. The van der Waals surface area contributed by atoms with Gasteiger partial charge in [-0.2, -0.15) is 5.10 Å². The molecular formula is C18H27N5O4. The first-order valence-electron chi connectivity index (χ1n) is 8.97. The lowest BCUT2D eigenvalue weighted by Gasteiger charge is -2.19. The first-order chi connectivity index (χ1) is 12.8. The molecule has 0 aromatic carbocycles. The molecule has 2 N–H and O–H groups in total. The van der Waals surface area contributed by atoms with Crippen molar-refractivity contribution in [2.24, 2.45) is 0 Å². The van der Waals surface area contributed by atoms with E-state index in [1.807, 2.05) is 27.0 Å². The van der Waals surface area contributed by atoms with Crippen molar-refractivity contribution in [3.05, 3.63) is 29.7 Å². The first kappa shape index (κ1) is 20.6. The average molecular weight is 377 g/mol. The van der Waals surface area contributed by atoms with Crippen LogP contribution in [0, 0.1) is 0 Å². The number of alkyl carbamates (subject to hydrolysis) is 1. The molecule has 27 heavy (non-hydrogen) atoms. The van der Waals surface area contributed by atoms with Gasteiger partial charge < -0.3 is 20.1 Å². The van der Waals surface area contributed by atoms with E-state index in [-0.39, 0.29) is 0 Å². The van der Waals surface area contributed by atoms with Crippen molar-refractivity contribution in [1.29, 1.82) is 0 Å². The number of hydrogen-bond acceptors (Lipinski definition) is 7. The summed E-state index contributed by atoms with van der Waals surface area (Å²) in [5, 5.41) is 10.1. The Hall–Kier alpha value is -2.68. The number of amides is 1. The highest BCUT2D eigenvalue weighted by Crippen LogP contribution is 2.10. The van der Waals surface area contributed by atoms with Gasteiger partial charge in [0, 0.05) is 31.0 Å². The van der Waals surface area contributed by atoms with Crippen LogP contribution in [-0.4, -0.2) is 52.0 Å². The van der Waals surface area contributed by atoms with Crippen LogP contribution in [-0.2, 0) is 16.0 Å². The summed E-state index contributed by atoms with van der Waals surface area (Å²) in [5.41, 5.74) is 1.26. The summed E-state index contributed by atoms with van der Waals surface area (Å²) >= 11 is 0. The summed E-state index contributed by atoms with van der Waals surface area (Å²) < 4.78 is 11.7. The van der Waals surface area contributed by atoms with Crippen molar-refractivity contribution in [3.63, 3.8) is 0 Å². The number of rotatable bonds is 8. The molecule has 0 aliphatic rings. The SMILES string of the molecule is CCOC(=O)c1cnn2cc(CNCCCNC(=O)OC(C)(C)C)cnc12. The number of carbonyl (C=O) groups excluding carboxylic acids is 2. The number of carbonyl (C=O) groups is 2. The molecule has 2 aromatic rings. The molecule has 0 spiro atoms. The highest BCUT2D eigenvalue weighted by molar-refractivity contribution is 5.95. The summed E-state index contributed by atoms with van der Waals surface area (Å²) in [6, 6.07) is 0.